The van der Waals surface area contributed by atoms with Gasteiger partial charge in [0.2, 0.25) is 5.88 Å². The standard InChI is InChI=1S/C10H15ClN2O2/c1-10(2,6-15-12)8-7(11)4-5-13-9(8)14-3/h4-5H,6,12H2,1-3H3. The Morgan fingerprint density at radius 3 is 2.73 bits per heavy atom. The molecule has 0 aliphatic carbocycles. The van der Waals surface area contributed by atoms with Crippen LogP contribution in [-0.2, 0) is 10.3 Å². The Hall–Kier alpha value is -0.840. The van der Waals surface area contributed by atoms with E-state index in [1.807, 2.05) is 13.8 Å². The van der Waals surface area contributed by atoms with Crippen molar-refractivity contribution in [2.75, 3.05) is 13.7 Å². The molecule has 0 saturated carbocycles. The molecule has 1 heterocycles. The Labute approximate surface area is 94.3 Å². The lowest BCUT2D eigenvalue weighted by atomic mass is 9.86. The molecule has 1 aromatic heterocycles. The van der Waals surface area contributed by atoms with Crippen molar-refractivity contribution in [1.29, 1.82) is 0 Å². The lowest BCUT2D eigenvalue weighted by Crippen LogP contribution is -2.27. The SMILES string of the molecule is COc1nccc(Cl)c1C(C)(C)CON. The Balaban J connectivity index is 3.21. The molecule has 0 fully saturated rings. The number of hydrogen-bond donors (Lipinski definition) is 1. The predicted molar refractivity (Wildman–Crippen MR) is 59.0 cm³/mol. The van der Waals surface area contributed by atoms with E-state index in [1.54, 1.807) is 19.4 Å². The van der Waals surface area contributed by atoms with Gasteiger partial charge in [0.25, 0.3) is 0 Å². The second-order valence-corrected chi connectivity index (χ2v) is 4.28. The molecule has 0 unspecified atom stereocenters. The van der Waals surface area contributed by atoms with Gasteiger partial charge < -0.3 is 9.57 Å². The maximum Gasteiger partial charge on any atom is 0.218 e. The molecule has 0 saturated heterocycles. The molecule has 0 aromatic carbocycles. The van der Waals surface area contributed by atoms with Crippen molar-refractivity contribution in [3.8, 4) is 5.88 Å². The average Bonchev–Trinajstić information content (AvgIpc) is 2.16. The average molecular weight is 231 g/mol. The van der Waals surface area contributed by atoms with Gasteiger partial charge in [0.1, 0.15) is 0 Å². The highest BCUT2D eigenvalue weighted by Gasteiger charge is 2.28. The van der Waals surface area contributed by atoms with E-state index < -0.39 is 0 Å². The van der Waals surface area contributed by atoms with Gasteiger partial charge in [-0.1, -0.05) is 25.4 Å². The van der Waals surface area contributed by atoms with Crippen LogP contribution in [0.25, 0.3) is 0 Å². The number of pyridine rings is 1. The van der Waals surface area contributed by atoms with Crippen molar-refractivity contribution < 1.29 is 9.57 Å². The van der Waals surface area contributed by atoms with Crippen molar-refractivity contribution in [1.82, 2.24) is 4.98 Å². The summed E-state index contributed by atoms with van der Waals surface area (Å²) in [5, 5.41) is 0.601. The van der Waals surface area contributed by atoms with E-state index in [-0.39, 0.29) is 5.41 Å². The van der Waals surface area contributed by atoms with Crippen LogP contribution in [0.1, 0.15) is 19.4 Å². The molecule has 0 aliphatic heterocycles. The highest BCUT2D eigenvalue weighted by molar-refractivity contribution is 6.31. The molecule has 0 radical (unpaired) electrons. The first-order chi connectivity index (χ1) is 7.03. The van der Waals surface area contributed by atoms with Gasteiger partial charge >= 0.3 is 0 Å². The van der Waals surface area contributed by atoms with Crippen LogP contribution in [0, 0.1) is 0 Å². The zero-order chi connectivity index (χ0) is 11.5. The summed E-state index contributed by atoms with van der Waals surface area (Å²) in [7, 11) is 1.56. The first kappa shape index (κ1) is 12.2. The fraction of sp³-hybridized carbons (Fsp3) is 0.500. The maximum absolute atomic E-state index is 6.11. The van der Waals surface area contributed by atoms with Crippen molar-refractivity contribution in [3.63, 3.8) is 0 Å². The number of methoxy groups -OCH3 is 1. The summed E-state index contributed by atoms with van der Waals surface area (Å²) >= 11 is 6.11. The van der Waals surface area contributed by atoms with E-state index in [0.29, 0.717) is 17.5 Å². The van der Waals surface area contributed by atoms with Gasteiger partial charge in [0.15, 0.2) is 0 Å². The number of rotatable bonds is 4. The minimum absolute atomic E-state index is 0.342. The first-order valence-corrected chi connectivity index (χ1v) is 4.91. The molecular weight excluding hydrogens is 216 g/mol. The van der Waals surface area contributed by atoms with Crippen LogP contribution in [0.15, 0.2) is 12.3 Å². The van der Waals surface area contributed by atoms with E-state index in [2.05, 4.69) is 9.82 Å². The Kier molecular flexibility index (Phi) is 3.90. The van der Waals surface area contributed by atoms with Gasteiger partial charge in [-0.2, -0.15) is 0 Å². The molecule has 4 nitrogen and oxygen atoms in total. The minimum atomic E-state index is -0.342. The number of halogens is 1. The van der Waals surface area contributed by atoms with Crippen LogP contribution in [0.3, 0.4) is 0 Å². The van der Waals surface area contributed by atoms with Crippen LogP contribution < -0.4 is 10.6 Å². The molecule has 1 rings (SSSR count). The molecule has 2 N–H and O–H groups in total. The lowest BCUT2D eigenvalue weighted by molar-refractivity contribution is 0.0952. The van der Waals surface area contributed by atoms with Crippen LogP contribution in [0.4, 0.5) is 0 Å². The molecule has 0 amide bonds. The second-order valence-electron chi connectivity index (χ2n) is 3.87. The Morgan fingerprint density at radius 1 is 1.53 bits per heavy atom. The summed E-state index contributed by atoms with van der Waals surface area (Å²) in [6.07, 6.45) is 1.60. The normalized spacial score (nSPS) is 11.5. The molecule has 0 aliphatic rings. The van der Waals surface area contributed by atoms with Gasteiger partial charge in [0.05, 0.1) is 18.7 Å². The van der Waals surface area contributed by atoms with Crippen molar-refractivity contribution in [2.45, 2.75) is 19.3 Å². The lowest BCUT2D eigenvalue weighted by Gasteiger charge is -2.25. The zero-order valence-corrected chi connectivity index (χ0v) is 9.84. The number of ether oxygens (including phenoxy) is 1. The monoisotopic (exact) mass is 230 g/mol. The number of aromatic nitrogens is 1. The fourth-order valence-corrected chi connectivity index (χ4v) is 1.86. The molecule has 0 spiro atoms. The summed E-state index contributed by atoms with van der Waals surface area (Å²) in [5.41, 5.74) is 0.463. The van der Waals surface area contributed by atoms with E-state index in [1.165, 1.54) is 0 Å². The van der Waals surface area contributed by atoms with Crippen molar-refractivity contribution in [3.05, 3.63) is 22.8 Å². The van der Waals surface area contributed by atoms with E-state index >= 15 is 0 Å². The van der Waals surface area contributed by atoms with E-state index in [9.17, 15) is 0 Å². The van der Waals surface area contributed by atoms with Crippen molar-refractivity contribution >= 4 is 11.6 Å². The quantitative estimate of drug-likeness (QED) is 0.803. The summed E-state index contributed by atoms with van der Waals surface area (Å²) in [4.78, 5) is 8.78. The third-order valence-corrected chi connectivity index (χ3v) is 2.49. The molecule has 84 valence electrons. The largest absolute Gasteiger partial charge is 0.481 e. The first-order valence-electron chi connectivity index (χ1n) is 4.53. The summed E-state index contributed by atoms with van der Waals surface area (Å²) in [6.45, 7) is 4.27. The second kappa shape index (κ2) is 4.79. The summed E-state index contributed by atoms with van der Waals surface area (Å²) < 4.78 is 5.17. The number of nitrogens with zero attached hydrogens (tertiary/aromatic N) is 1. The summed E-state index contributed by atoms with van der Waals surface area (Å²) in [6, 6.07) is 1.72. The highest BCUT2D eigenvalue weighted by Crippen LogP contribution is 2.35. The van der Waals surface area contributed by atoms with E-state index in [0.717, 1.165) is 5.56 Å². The van der Waals surface area contributed by atoms with Gasteiger partial charge in [-0.05, 0) is 6.07 Å². The molecule has 15 heavy (non-hydrogen) atoms. The Morgan fingerprint density at radius 2 is 2.20 bits per heavy atom. The minimum Gasteiger partial charge on any atom is -0.481 e. The molecular formula is C10H15ClN2O2. The van der Waals surface area contributed by atoms with Gasteiger partial charge in [-0.3, -0.25) is 0 Å². The topological polar surface area (TPSA) is 57.4 Å². The van der Waals surface area contributed by atoms with Crippen LogP contribution in [0.5, 0.6) is 5.88 Å². The maximum atomic E-state index is 6.11. The molecule has 1 aromatic rings. The zero-order valence-electron chi connectivity index (χ0n) is 9.08. The smallest absolute Gasteiger partial charge is 0.218 e. The Bertz CT molecular complexity index is 342. The molecule has 5 heteroatoms. The van der Waals surface area contributed by atoms with Gasteiger partial charge in [-0.25, -0.2) is 10.9 Å². The van der Waals surface area contributed by atoms with Crippen molar-refractivity contribution in [2.24, 2.45) is 5.90 Å². The van der Waals surface area contributed by atoms with Crippen LogP contribution >= 0.6 is 11.6 Å². The van der Waals surface area contributed by atoms with Gasteiger partial charge in [-0.15, -0.1) is 0 Å². The molecule has 0 atom stereocenters. The third-order valence-electron chi connectivity index (χ3n) is 2.18. The number of hydrogen-bond acceptors (Lipinski definition) is 4. The highest BCUT2D eigenvalue weighted by atomic mass is 35.5. The third kappa shape index (κ3) is 2.59. The fourth-order valence-electron chi connectivity index (χ4n) is 1.47. The van der Waals surface area contributed by atoms with Gasteiger partial charge in [0, 0.05) is 17.2 Å². The molecule has 0 bridgehead atoms. The van der Waals surface area contributed by atoms with Crippen LogP contribution in [0.2, 0.25) is 5.02 Å². The van der Waals surface area contributed by atoms with Crippen LogP contribution in [-0.4, -0.2) is 18.7 Å². The summed E-state index contributed by atoms with van der Waals surface area (Å²) in [5.74, 6) is 5.59. The number of nitrogens with two attached hydrogens (primary N) is 1. The van der Waals surface area contributed by atoms with E-state index in [4.69, 9.17) is 22.2 Å². The predicted octanol–water partition coefficient (Wildman–Crippen LogP) is 1.91.